The number of carbonyl (C=O) groups excluding carboxylic acids is 1. The Labute approximate surface area is 147 Å². The molecule has 0 unspecified atom stereocenters. The predicted octanol–water partition coefficient (Wildman–Crippen LogP) is 4.79. The Hall–Kier alpha value is -2.46. The van der Waals surface area contributed by atoms with Crippen molar-refractivity contribution in [2.75, 3.05) is 12.4 Å². The van der Waals surface area contributed by atoms with Gasteiger partial charge in [-0.3, -0.25) is 4.79 Å². The minimum absolute atomic E-state index is 0.0606. The van der Waals surface area contributed by atoms with Crippen molar-refractivity contribution in [3.8, 4) is 11.5 Å². The van der Waals surface area contributed by atoms with Crippen LogP contribution in [-0.4, -0.2) is 19.1 Å². The van der Waals surface area contributed by atoms with Crippen molar-refractivity contribution in [1.29, 1.82) is 0 Å². The summed E-state index contributed by atoms with van der Waals surface area (Å²) in [5.41, 5.74) is 1.53. The summed E-state index contributed by atoms with van der Waals surface area (Å²) in [6, 6.07) is 12.5. The van der Waals surface area contributed by atoms with Crippen LogP contribution in [0.5, 0.6) is 11.5 Å². The van der Waals surface area contributed by atoms with Crippen LogP contribution in [0.1, 0.15) is 19.4 Å². The standard InChI is InChI=1S/C19H20ClNO3/c1-13(2)24-17-10-4-14(12-18(17)23-3)5-11-19(22)21-16-8-6-15(20)7-9-16/h4-13H,1-3H3,(H,21,22)/b11-5+. The number of amides is 1. The molecule has 0 atom stereocenters. The van der Waals surface area contributed by atoms with E-state index in [1.165, 1.54) is 6.08 Å². The molecule has 2 aromatic rings. The number of methoxy groups -OCH3 is 1. The molecule has 2 rings (SSSR count). The van der Waals surface area contributed by atoms with Gasteiger partial charge in [-0.15, -0.1) is 0 Å². The third-order valence-corrected chi connectivity index (χ3v) is 3.34. The molecule has 0 saturated carbocycles. The molecule has 0 heterocycles. The molecule has 1 amide bonds. The summed E-state index contributed by atoms with van der Waals surface area (Å²) < 4.78 is 11.0. The van der Waals surface area contributed by atoms with Crippen LogP contribution in [0, 0.1) is 0 Å². The zero-order valence-corrected chi connectivity index (χ0v) is 14.6. The molecule has 0 aliphatic heterocycles. The molecule has 0 aliphatic rings. The Morgan fingerprint density at radius 3 is 2.46 bits per heavy atom. The topological polar surface area (TPSA) is 47.6 Å². The van der Waals surface area contributed by atoms with Gasteiger partial charge >= 0.3 is 0 Å². The van der Waals surface area contributed by atoms with E-state index in [1.54, 1.807) is 37.5 Å². The fraction of sp³-hybridized carbons (Fsp3) is 0.211. The molecule has 24 heavy (non-hydrogen) atoms. The molecule has 0 spiro atoms. The zero-order valence-electron chi connectivity index (χ0n) is 13.9. The second-order valence-corrected chi connectivity index (χ2v) is 5.84. The summed E-state index contributed by atoms with van der Waals surface area (Å²) in [7, 11) is 1.59. The second kappa shape index (κ2) is 8.41. The van der Waals surface area contributed by atoms with Gasteiger partial charge < -0.3 is 14.8 Å². The maximum atomic E-state index is 12.0. The highest BCUT2D eigenvalue weighted by molar-refractivity contribution is 6.30. The smallest absolute Gasteiger partial charge is 0.248 e. The maximum absolute atomic E-state index is 12.0. The van der Waals surface area contributed by atoms with Gasteiger partial charge in [-0.05, 0) is 61.9 Å². The number of carbonyl (C=O) groups is 1. The van der Waals surface area contributed by atoms with Gasteiger partial charge in [0.2, 0.25) is 5.91 Å². The molecular formula is C19H20ClNO3. The van der Waals surface area contributed by atoms with Crippen molar-refractivity contribution in [2.24, 2.45) is 0 Å². The minimum atomic E-state index is -0.223. The van der Waals surface area contributed by atoms with Crippen LogP contribution in [0.15, 0.2) is 48.5 Å². The van der Waals surface area contributed by atoms with Gasteiger partial charge in [-0.1, -0.05) is 17.7 Å². The van der Waals surface area contributed by atoms with E-state index in [-0.39, 0.29) is 12.0 Å². The Bertz CT molecular complexity index is 724. The first kappa shape index (κ1) is 17.9. The van der Waals surface area contributed by atoms with Gasteiger partial charge in [0.25, 0.3) is 0 Å². The lowest BCUT2D eigenvalue weighted by Gasteiger charge is -2.13. The van der Waals surface area contributed by atoms with Crippen LogP contribution >= 0.6 is 11.6 Å². The average molecular weight is 346 g/mol. The van der Waals surface area contributed by atoms with Gasteiger partial charge in [0.15, 0.2) is 11.5 Å². The molecule has 5 heteroatoms. The highest BCUT2D eigenvalue weighted by Gasteiger charge is 2.06. The van der Waals surface area contributed by atoms with Gasteiger partial charge in [0.1, 0.15) is 0 Å². The van der Waals surface area contributed by atoms with Crippen LogP contribution in [0.2, 0.25) is 5.02 Å². The second-order valence-electron chi connectivity index (χ2n) is 5.41. The highest BCUT2D eigenvalue weighted by Crippen LogP contribution is 2.29. The SMILES string of the molecule is COc1cc(/C=C/C(=O)Nc2ccc(Cl)cc2)ccc1OC(C)C. The lowest BCUT2D eigenvalue weighted by Crippen LogP contribution is -2.07. The van der Waals surface area contributed by atoms with Gasteiger partial charge in [0.05, 0.1) is 13.2 Å². The molecule has 0 bridgehead atoms. The summed E-state index contributed by atoms with van der Waals surface area (Å²) in [6.07, 6.45) is 3.24. The van der Waals surface area contributed by atoms with Crippen molar-refractivity contribution in [3.05, 3.63) is 59.1 Å². The lowest BCUT2D eigenvalue weighted by molar-refractivity contribution is -0.111. The number of benzene rings is 2. The van der Waals surface area contributed by atoms with Gasteiger partial charge in [0, 0.05) is 16.8 Å². The van der Waals surface area contributed by atoms with Gasteiger partial charge in [-0.25, -0.2) is 0 Å². The number of hydrogen-bond acceptors (Lipinski definition) is 3. The Balaban J connectivity index is 2.05. The predicted molar refractivity (Wildman–Crippen MR) is 97.9 cm³/mol. The molecule has 2 aromatic carbocycles. The molecule has 0 fully saturated rings. The van der Waals surface area contributed by atoms with Crippen molar-refractivity contribution in [1.82, 2.24) is 0 Å². The fourth-order valence-corrected chi connectivity index (χ4v) is 2.15. The maximum Gasteiger partial charge on any atom is 0.248 e. The van der Waals surface area contributed by atoms with Crippen LogP contribution in [0.3, 0.4) is 0 Å². The first-order valence-corrected chi connectivity index (χ1v) is 7.95. The van der Waals surface area contributed by atoms with Crippen molar-refractivity contribution in [3.63, 3.8) is 0 Å². The zero-order chi connectivity index (χ0) is 17.5. The number of nitrogens with one attached hydrogen (secondary N) is 1. The molecule has 0 saturated heterocycles. The highest BCUT2D eigenvalue weighted by atomic mass is 35.5. The Morgan fingerprint density at radius 1 is 1.12 bits per heavy atom. The quantitative estimate of drug-likeness (QED) is 0.766. The summed E-state index contributed by atoms with van der Waals surface area (Å²) in [4.78, 5) is 12.0. The first-order chi connectivity index (χ1) is 11.5. The minimum Gasteiger partial charge on any atom is -0.493 e. The van der Waals surface area contributed by atoms with Crippen LogP contribution < -0.4 is 14.8 Å². The molecule has 0 radical (unpaired) electrons. The van der Waals surface area contributed by atoms with E-state index in [4.69, 9.17) is 21.1 Å². The number of ether oxygens (including phenoxy) is 2. The Morgan fingerprint density at radius 2 is 1.83 bits per heavy atom. The van der Waals surface area contributed by atoms with E-state index in [1.807, 2.05) is 32.0 Å². The van der Waals surface area contributed by atoms with Crippen LogP contribution in [0.25, 0.3) is 6.08 Å². The molecule has 0 aliphatic carbocycles. The molecule has 4 nitrogen and oxygen atoms in total. The summed E-state index contributed by atoms with van der Waals surface area (Å²) in [6.45, 7) is 3.91. The van der Waals surface area contributed by atoms with Crippen molar-refractivity contribution < 1.29 is 14.3 Å². The monoisotopic (exact) mass is 345 g/mol. The summed E-state index contributed by atoms with van der Waals surface area (Å²) in [5, 5.41) is 3.39. The van der Waals surface area contributed by atoms with E-state index >= 15 is 0 Å². The van der Waals surface area contributed by atoms with Crippen molar-refractivity contribution in [2.45, 2.75) is 20.0 Å². The van der Waals surface area contributed by atoms with E-state index in [0.717, 1.165) is 5.56 Å². The number of rotatable bonds is 6. The van der Waals surface area contributed by atoms with E-state index in [0.29, 0.717) is 22.2 Å². The number of hydrogen-bond donors (Lipinski definition) is 1. The van der Waals surface area contributed by atoms with E-state index in [2.05, 4.69) is 5.32 Å². The summed E-state index contributed by atoms with van der Waals surface area (Å²) in [5.74, 6) is 1.08. The number of anilines is 1. The molecule has 0 aromatic heterocycles. The van der Waals surface area contributed by atoms with Crippen LogP contribution in [-0.2, 0) is 4.79 Å². The molecular weight excluding hydrogens is 326 g/mol. The van der Waals surface area contributed by atoms with E-state index in [9.17, 15) is 4.79 Å². The molecule has 126 valence electrons. The van der Waals surface area contributed by atoms with Gasteiger partial charge in [-0.2, -0.15) is 0 Å². The van der Waals surface area contributed by atoms with Crippen LogP contribution in [0.4, 0.5) is 5.69 Å². The number of halogens is 1. The lowest BCUT2D eigenvalue weighted by atomic mass is 10.2. The first-order valence-electron chi connectivity index (χ1n) is 7.57. The molecule has 1 N–H and O–H groups in total. The third kappa shape index (κ3) is 5.32. The Kier molecular flexibility index (Phi) is 6.27. The van der Waals surface area contributed by atoms with Crippen molar-refractivity contribution >= 4 is 29.3 Å². The summed E-state index contributed by atoms with van der Waals surface area (Å²) >= 11 is 5.81. The third-order valence-electron chi connectivity index (χ3n) is 3.09. The normalized spacial score (nSPS) is 10.9. The van der Waals surface area contributed by atoms with E-state index < -0.39 is 0 Å². The average Bonchev–Trinajstić information content (AvgIpc) is 2.55. The largest absolute Gasteiger partial charge is 0.493 e. The fourth-order valence-electron chi connectivity index (χ4n) is 2.03.